The maximum absolute atomic E-state index is 13.2. The van der Waals surface area contributed by atoms with Crippen LogP contribution in [0.25, 0.3) is 11.0 Å². The van der Waals surface area contributed by atoms with Crippen LogP contribution >= 0.6 is 11.7 Å². The molecule has 1 aromatic carbocycles. The number of pyridine rings is 1. The fourth-order valence-electron chi connectivity index (χ4n) is 3.59. The Morgan fingerprint density at radius 1 is 0.906 bits per heavy atom. The normalized spacial score (nSPS) is 15.2. The molecule has 0 spiro atoms. The predicted octanol–water partition coefficient (Wildman–Crippen LogP) is 2.44. The number of nitrogens with zero attached hydrogens (tertiary/aromatic N) is 7. The molecule has 0 unspecified atom stereocenters. The van der Waals surface area contributed by atoms with Gasteiger partial charge in [0.25, 0.3) is 0 Å². The molecule has 3 aromatic heterocycles. The van der Waals surface area contributed by atoms with Gasteiger partial charge >= 0.3 is 0 Å². The molecule has 0 bridgehead atoms. The average molecular weight is 469 g/mol. The number of rotatable bonds is 5. The van der Waals surface area contributed by atoms with E-state index in [1.807, 2.05) is 42.2 Å². The van der Waals surface area contributed by atoms with Crippen molar-refractivity contribution in [3.63, 3.8) is 0 Å². The van der Waals surface area contributed by atoms with E-state index in [-0.39, 0.29) is 4.90 Å². The molecule has 10 nitrogen and oxygen atoms in total. The predicted molar refractivity (Wildman–Crippen MR) is 123 cm³/mol. The van der Waals surface area contributed by atoms with Gasteiger partial charge in [0.05, 0.1) is 11.7 Å². The van der Waals surface area contributed by atoms with Crippen molar-refractivity contribution in [3.8, 4) is 0 Å². The molecule has 1 N–H and O–H groups in total. The number of anilines is 3. The average Bonchev–Trinajstić information content (AvgIpc) is 3.29. The Morgan fingerprint density at radius 3 is 2.47 bits per heavy atom. The summed E-state index contributed by atoms with van der Waals surface area (Å²) >= 11 is 1.01. The van der Waals surface area contributed by atoms with Gasteiger partial charge in [-0.25, -0.2) is 13.4 Å². The standard InChI is InChI=1S/C20H20N8O2S2/c1-14-4-2-7-17(21-14)22-18-8-9-19(24-23-18)27-10-12-28(13-11-27)32(29,30)16-6-3-5-15-20(16)26-31-25-15/h2-9H,10-13H2,1H3,(H,21,22,23). The van der Waals surface area contributed by atoms with Crippen molar-refractivity contribution in [2.75, 3.05) is 36.4 Å². The third-order valence-corrected chi connectivity index (χ3v) is 7.70. The first-order valence-corrected chi connectivity index (χ1v) is 12.2. The summed E-state index contributed by atoms with van der Waals surface area (Å²) in [6.45, 7) is 3.67. The summed E-state index contributed by atoms with van der Waals surface area (Å²) in [6.07, 6.45) is 0. The van der Waals surface area contributed by atoms with E-state index < -0.39 is 10.0 Å². The third-order valence-electron chi connectivity index (χ3n) is 5.22. The fraction of sp³-hybridized carbons (Fsp3) is 0.250. The van der Waals surface area contributed by atoms with Crippen LogP contribution in [0.3, 0.4) is 0 Å². The summed E-state index contributed by atoms with van der Waals surface area (Å²) in [6, 6.07) is 14.5. The first-order valence-electron chi connectivity index (χ1n) is 10.0. The second-order valence-corrected chi connectivity index (χ2v) is 9.78. The molecule has 32 heavy (non-hydrogen) atoms. The lowest BCUT2D eigenvalue weighted by atomic mass is 10.3. The van der Waals surface area contributed by atoms with Crippen LogP contribution in [0.2, 0.25) is 0 Å². The second kappa shape index (κ2) is 8.37. The molecule has 1 aliphatic heterocycles. The Hall–Kier alpha value is -3.22. The number of hydrogen-bond donors (Lipinski definition) is 1. The van der Waals surface area contributed by atoms with Crippen molar-refractivity contribution >= 4 is 50.2 Å². The van der Waals surface area contributed by atoms with Crippen LogP contribution in [0, 0.1) is 6.92 Å². The van der Waals surface area contributed by atoms with E-state index in [0.29, 0.717) is 54.7 Å². The number of aryl methyl sites for hydroxylation is 1. The first-order chi connectivity index (χ1) is 15.5. The van der Waals surface area contributed by atoms with Gasteiger partial charge in [-0.2, -0.15) is 13.1 Å². The molecular formula is C20H20N8O2S2. The summed E-state index contributed by atoms with van der Waals surface area (Å²) in [7, 11) is -3.65. The van der Waals surface area contributed by atoms with E-state index >= 15 is 0 Å². The molecule has 1 fully saturated rings. The monoisotopic (exact) mass is 468 g/mol. The van der Waals surface area contributed by atoms with Gasteiger partial charge in [-0.15, -0.1) is 10.2 Å². The fourth-order valence-corrected chi connectivity index (χ4v) is 5.77. The van der Waals surface area contributed by atoms with E-state index in [0.717, 1.165) is 17.4 Å². The number of piperazine rings is 1. The zero-order chi connectivity index (χ0) is 22.1. The third kappa shape index (κ3) is 3.99. The van der Waals surface area contributed by atoms with Gasteiger partial charge < -0.3 is 10.2 Å². The molecule has 0 amide bonds. The minimum atomic E-state index is -3.65. The molecule has 0 atom stereocenters. The van der Waals surface area contributed by atoms with E-state index in [4.69, 9.17) is 0 Å². The lowest BCUT2D eigenvalue weighted by Crippen LogP contribution is -2.49. The van der Waals surface area contributed by atoms with Crippen molar-refractivity contribution in [3.05, 3.63) is 54.2 Å². The molecule has 164 valence electrons. The second-order valence-electron chi connectivity index (χ2n) is 7.35. The first kappa shape index (κ1) is 20.7. The maximum Gasteiger partial charge on any atom is 0.245 e. The van der Waals surface area contributed by atoms with Crippen LogP contribution in [0.15, 0.2) is 53.4 Å². The zero-order valence-electron chi connectivity index (χ0n) is 17.2. The molecule has 1 aliphatic rings. The van der Waals surface area contributed by atoms with Gasteiger partial charge in [0.2, 0.25) is 10.0 Å². The highest BCUT2D eigenvalue weighted by Crippen LogP contribution is 2.26. The number of aromatic nitrogens is 5. The van der Waals surface area contributed by atoms with E-state index in [9.17, 15) is 8.42 Å². The number of sulfonamides is 1. The lowest BCUT2D eigenvalue weighted by Gasteiger charge is -2.34. The van der Waals surface area contributed by atoms with Crippen molar-refractivity contribution in [2.45, 2.75) is 11.8 Å². The minimum Gasteiger partial charge on any atom is -0.352 e. The van der Waals surface area contributed by atoms with Crippen LogP contribution in [0.4, 0.5) is 17.5 Å². The minimum absolute atomic E-state index is 0.206. The molecular weight excluding hydrogens is 448 g/mol. The Balaban J connectivity index is 1.26. The molecule has 0 saturated carbocycles. The molecule has 0 aliphatic carbocycles. The number of benzene rings is 1. The van der Waals surface area contributed by atoms with Crippen molar-refractivity contribution in [2.24, 2.45) is 0 Å². The molecule has 4 heterocycles. The molecule has 5 rings (SSSR count). The summed E-state index contributed by atoms with van der Waals surface area (Å²) in [5.41, 5.74) is 1.94. The number of hydrogen-bond acceptors (Lipinski definition) is 10. The highest BCUT2D eigenvalue weighted by atomic mass is 32.2. The SMILES string of the molecule is Cc1cccc(Nc2ccc(N3CCN(S(=O)(=O)c4cccc5nsnc45)CC3)nn2)n1. The van der Waals surface area contributed by atoms with E-state index in [1.54, 1.807) is 18.2 Å². The van der Waals surface area contributed by atoms with Crippen molar-refractivity contribution < 1.29 is 8.42 Å². The highest BCUT2D eigenvalue weighted by molar-refractivity contribution is 7.89. The highest BCUT2D eigenvalue weighted by Gasteiger charge is 2.31. The number of fused-ring (bicyclic) bond motifs is 1. The summed E-state index contributed by atoms with van der Waals surface area (Å²) in [5, 5.41) is 11.7. The molecule has 12 heteroatoms. The maximum atomic E-state index is 13.2. The van der Waals surface area contributed by atoms with E-state index in [1.165, 1.54) is 4.31 Å². The Labute approximate surface area is 189 Å². The Morgan fingerprint density at radius 2 is 1.72 bits per heavy atom. The molecule has 4 aromatic rings. The summed E-state index contributed by atoms with van der Waals surface area (Å²) in [5.74, 6) is 2.00. The Bertz CT molecular complexity index is 1350. The van der Waals surface area contributed by atoms with Crippen LogP contribution in [-0.2, 0) is 10.0 Å². The van der Waals surface area contributed by atoms with Gasteiger partial charge in [-0.1, -0.05) is 12.1 Å². The van der Waals surface area contributed by atoms with Crippen molar-refractivity contribution in [1.29, 1.82) is 0 Å². The lowest BCUT2D eigenvalue weighted by molar-refractivity contribution is 0.384. The van der Waals surface area contributed by atoms with Gasteiger partial charge in [0, 0.05) is 31.9 Å². The number of nitrogens with one attached hydrogen (secondary N) is 1. The van der Waals surface area contributed by atoms with E-state index in [2.05, 4.69) is 29.2 Å². The van der Waals surface area contributed by atoms with Gasteiger partial charge in [-0.05, 0) is 43.3 Å². The summed E-state index contributed by atoms with van der Waals surface area (Å²) < 4.78 is 36.2. The largest absolute Gasteiger partial charge is 0.352 e. The summed E-state index contributed by atoms with van der Waals surface area (Å²) in [4.78, 5) is 6.63. The van der Waals surface area contributed by atoms with Gasteiger partial charge in [-0.3, -0.25) is 0 Å². The van der Waals surface area contributed by atoms with Crippen molar-refractivity contribution in [1.82, 2.24) is 28.2 Å². The van der Waals surface area contributed by atoms with Crippen LogP contribution < -0.4 is 10.2 Å². The Kier molecular flexibility index (Phi) is 5.41. The quantitative estimate of drug-likeness (QED) is 0.471. The topological polar surface area (TPSA) is 117 Å². The van der Waals surface area contributed by atoms with Gasteiger partial charge in [0.1, 0.15) is 21.7 Å². The van der Waals surface area contributed by atoms with Crippen LogP contribution in [0.1, 0.15) is 5.69 Å². The molecule has 0 radical (unpaired) electrons. The van der Waals surface area contributed by atoms with Crippen LogP contribution in [-0.4, -0.2) is 62.8 Å². The zero-order valence-corrected chi connectivity index (χ0v) is 18.8. The molecule has 1 saturated heterocycles. The smallest absolute Gasteiger partial charge is 0.245 e. The van der Waals surface area contributed by atoms with Gasteiger partial charge in [0.15, 0.2) is 11.6 Å². The van der Waals surface area contributed by atoms with Crippen LogP contribution in [0.5, 0.6) is 0 Å².